The maximum atomic E-state index is 9.34. The Bertz CT molecular complexity index is 530. The van der Waals surface area contributed by atoms with Gasteiger partial charge in [-0.1, -0.05) is 18.2 Å². The second-order valence-electron chi connectivity index (χ2n) is 7.01. The molecule has 1 unspecified atom stereocenters. The third kappa shape index (κ3) is 6.50. The second kappa shape index (κ2) is 11.0. The van der Waals surface area contributed by atoms with E-state index in [9.17, 15) is 5.11 Å². The number of ether oxygens (including phenoxy) is 1. The molecule has 0 bridgehead atoms. The largest absolute Gasteiger partial charge is 0.396 e. The minimum Gasteiger partial charge on any atom is -0.396 e. The quantitative estimate of drug-likeness (QED) is 0.337. The van der Waals surface area contributed by atoms with Crippen LogP contribution in [0.1, 0.15) is 26.2 Å². The van der Waals surface area contributed by atoms with Gasteiger partial charge in [0.1, 0.15) is 0 Å². The van der Waals surface area contributed by atoms with Crippen molar-refractivity contribution in [2.75, 3.05) is 57.9 Å². The van der Waals surface area contributed by atoms with Gasteiger partial charge >= 0.3 is 0 Å². The number of hydrogen-bond acceptors (Lipinski definition) is 4. The highest BCUT2D eigenvalue weighted by molar-refractivity contribution is 5.79. The SMILES string of the molecule is CCNC(=NCC1(CCO)CCOC1)NCCCN(C)c1ccccc1. The number of rotatable bonds is 10. The highest BCUT2D eigenvalue weighted by Gasteiger charge is 2.34. The van der Waals surface area contributed by atoms with E-state index in [0.717, 1.165) is 51.5 Å². The van der Waals surface area contributed by atoms with E-state index in [2.05, 4.69) is 53.8 Å². The average Bonchev–Trinajstić information content (AvgIpc) is 3.13. The van der Waals surface area contributed by atoms with Crippen LogP contribution in [-0.2, 0) is 4.74 Å². The molecule has 0 radical (unpaired) electrons. The molecule has 6 nitrogen and oxygen atoms in total. The van der Waals surface area contributed by atoms with Gasteiger partial charge in [-0.25, -0.2) is 0 Å². The Labute approximate surface area is 157 Å². The lowest BCUT2D eigenvalue weighted by molar-refractivity contribution is 0.131. The van der Waals surface area contributed by atoms with Gasteiger partial charge in [0.15, 0.2) is 5.96 Å². The Balaban J connectivity index is 1.78. The molecule has 1 aliphatic heterocycles. The van der Waals surface area contributed by atoms with Crippen LogP contribution in [0.3, 0.4) is 0 Å². The van der Waals surface area contributed by atoms with Crippen molar-refractivity contribution >= 4 is 11.6 Å². The number of para-hydroxylation sites is 1. The van der Waals surface area contributed by atoms with E-state index in [1.807, 2.05) is 6.07 Å². The summed E-state index contributed by atoms with van der Waals surface area (Å²) >= 11 is 0. The van der Waals surface area contributed by atoms with E-state index in [1.54, 1.807) is 0 Å². The van der Waals surface area contributed by atoms with Crippen LogP contribution in [0.5, 0.6) is 0 Å². The zero-order valence-electron chi connectivity index (χ0n) is 16.2. The van der Waals surface area contributed by atoms with Crippen LogP contribution in [0.4, 0.5) is 5.69 Å². The van der Waals surface area contributed by atoms with Crippen molar-refractivity contribution in [2.24, 2.45) is 10.4 Å². The molecule has 2 rings (SSSR count). The topological polar surface area (TPSA) is 69.1 Å². The van der Waals surface area contributed by atoms with Crippen molar-refractivity contribution in [3.63, 3.8) is 0 Å². The Kier molecular flexibility index (Phi) is 8.71. The van der Waals surface area contributed by atoms with Crippen LogP contribution < -0.4 is 15.5 Å². The smallest absolute Gasteiger partial charge is 0.191 e. The van der Waals surface area contributed by atoms with Crippen LogP contribution in [0.15, 0.2) is 35.3 Å². The predicted octanol–water partition coefficient (Wildman–Crippen LogP) is 1.86. The molecule has 0 saturated carbocycles. The fourth-order valence-corrected chi connectivity index (χ4v) is 3.21. The third-order valence-electron chi connectivity index (χ3n) is 4.90. The number of hydrogen-bond donors (Lipinski definition) is 3. The lowest BCUT2D eigenvalue weighted by Crippen LogP contribution is -2.40. The van der Waals surface area contributed by atoms with Crippen LogP contribution in [0.2, 0.25) is 0 Å². The molecule has 1 heterocycles. The van der Waals surface area contributed by atoms with Crippen molar-refractivity contribution < 1.29 is 9.84 Å². The summed E-state index contributed by atoms with van der Waals surface area (Å²) < 4.78 is 5.55. The number of anilines is 1. The Morgan fingerprint density at radius 1 is 1.31 bits per heavy atom. The molecule has 146 valence electrons. The van der Waals surface area contributed by atoms with Crippen molar-refractivity contribution in [3.8, 4) is 0 Å². The predicted molar refractivity (Wildman–Crippen MR) is 108 cm³/mol. The number of nitrogens with one attached hydrogen (secondary N) is 2. The molecule has 1 aliphatic rings. The minimum absolute atomic E-state index is 0.00930. The molecule has 0 aliphatic carbocycles. The first-order valence-electron chi connectivity index (χ1n) is 9.66. The van der Waals surface area contributed by atoms with Gasteiger partial charge in [0.2, 0.25) is 0 Å². The van der Waals surface area contributed by atoms with Gasteiger partial charge in [0, 0.05) is 51.0 Å². The first kappa shape index (κ1) is 20.5. The van der Waals surface area contributed by atoms with Crippen molar-refractivity contribution in [2.45, 2.75) is 26.2 Å². The van der Waals surface area contributed by atoms with Crippen LogP contribution in [0.25, 0.3) is 0 Å². The van der Waals surface area contributed by atoms with Gasteiger partial charge in [0.25, 0.3) is 0 Å². The molecule has 1 aromatic rings. The van der Waals surface area contributed by atoms with Gasteiger partial charge in [-0.2, -0.15) is 0 Å². The van der Waals surface area contributed by atoms with E-state index < -0.39 is 0 Å². The van der Waals surface area contributed by atoms with E-state index >= 15 is 0 Å². The van der Waals surface area contributed by atoms with Gasteiger partial charge in [0.05, 0.1) is 13.2 Å². The summed E-state index contributed by atoms with van der Waals surface area (Å²) in [4.78, 5) is 7.01. The summed E-state index contributed by atoms with van der Waals surface area (Å²) in [5, 5.41) is 16.1. The summed E-state index contributed by atoms with van der Waals surface area (Å²) in [6.45, 7) is 7.10. The van der Waals surface area contributed by atoms with Gasteiger partial charge in [-0.3, -0.25) is 4.99 Å². The molecule has 0 spiro atoms. The van der Waals surface area contributed by atoms with E-state index in [1.165, 1.54) is 5.69 Å². The number of aliphatic hydroxyl groups is 1. The lowest BCUT2D eigenvalue weighted by Gasteiger charge is -2.25. The summed E-state index contributed by atoms with van der Waals surface area (Å²) in [7, 11) is 2.12. The summed E-state index contributed by atoms with van der Waals surface area (Å²) in [6, 6.07) is 10.4. The highest BCUT2D eigenvalue weighted by Crippen LogP contribution is 2.32. The average molecular weight is 363 g/mol. The fraction of sp³-hybridized carbons (Fsp3) is 0.650. The molecule has 1 aromatic carbocycles. The van der Waals surface area contributed by atoms with Crippen LogP contribution in [-0.4, -0.2) is 64.1 Å². The van der Waals surface area contributed by atoms with E-state index in [0.29, 0.717) is 13.2 Å². The lowest BCUT2D eigenvalue weighted by atomic mass is 9.84. The molecular weight excluding hydrogens is 328 g/mol. The van der Waals surface area contributed by atoms with Crippen LogP contribution >= 0.6 is 0 Å². The molecule has 26 heavy (non-hydrogen) atoms. The summed E-state index contributed by atoms with van der Waals surface area (Å²) in [6.07, 6.45) is 2.75. The molecule has 1 fully saturated rings. The second-order valence-corrected chi connectivity index (χ2v) is 7.01. The zero-order valence-corrected chi connectivity index (χ0v) is 16.2. The third-order valence-corrected chi connectivity index (χ3v) is 4.90. The Hall–Kier alpha value is -1.79. The maximum absolute atomic E-state index is 9.34. The summed E-state index contributed by atoms with van der Waals surface area (Å²) in [5.41, 5.74) is 1.23. The number of aliphatic hydroxyl groups excluding tert-OH is 1. The fourth-order valence-electron chi connectivity index (χ4n) is 3.21. The van der Waals surface area contributed by atoms with Gasteiger partial charge in [-0.05, 0) is 38.3 Å². The Morgan fingerprint density at radius 2 is 2.12 bits per heavy atom. The molecule has 6 heteroatoms. The monoisotopic (exact) mass is 362 g/mol. The number of nitrogens with zero attached hydrogens (tertiary/aromatic N) is 2. The number of guanidine groups is 1. The molecule has 1 atom stereocenters. The molecule has 1 saturated heterocycles. The first-order valence-corrected chi connectivity index (χ1v) is 9.66. The molecule has 3 N–H and O–H groups in total. The minimum atomic E-state index is -0.00930. The first-order chi connectivity index (χ1) is 12.7. The molecule has 0 aromatic heterocycles. The van der Waals surface area contributed by atoms with Crippen molar-refractivity contribution in [1.29, 1.82) is 0 Å². The van der Waals surface area contributed by atoms with Gasteiger partial charge in [-0.15, -0.1) is 0 Å². The van der Waals surface area contributed by atoms with Crippen molar-refractivity contribution in [3.05, 3.63) is 30.3 Å². The van der Waals surface area contributed by atoms with Crippen molar-refractivity contribution in [1.82, 2.24) is 10.6 Å². The normalized spacial score (nSPS) is 20.2. The van der Waals surface area contributed by atoms with Crippen LogP contribution in [0, 0.1) is 5.41 Å². The van der Waals surface area contributed by atoms with E-state index in [-0.39, 0.29) is 12.0 Å². The Morgan fingerprint density at radius 3 is 2.77 bits per heavy atom. The molecular formula is C20H34N4O2. The van der Waals surface area contributed by atoms with Gasteiger partial charge < -0.3 is 25.4 Å². The maximum Gasteiger partial charge on any atom is 0.191 e. The van der Waals surface area contributed by atoms with E-state index in [4.69, 9.17) is 9.73 Å². The summed E-state index contributed by atoms with van der Waals surface area (Å²) in [5.74, 6) is 0.846. The zero-order chi connectivity index (χ0) is 18.7. The molecule has 0 amide bonds. The highest BCUT2D eigenvalue weighted by atomic mass is 16.5. The number of aliphatic imine (C=N–C) groups is 1. The number of benzene rings is 1. The standard InChI is InChI=1S/C20H34N4O2/c1-3-21-19(23-16-20(10-14-25)11-15-26-17-20)22-12-7-13-24(2)18-8-5-4-6-9-18/h4-6,8-9,25H,3,7,10-17H2,1-2H3,(H2,21,22,23).